The van der Waals surface area contributed by atoms with Crippen molar-refractivity contribution in [2.45, 2.75) is 33.2 Å². The van der Waals surface area contributed by atoms with E-state index in [9.17, 15) is 4.79 Å². The van der Waals surface area contributed by atoms with Crippen molar-refractivity contribution in [3.8, 4) is 0 Å². The van der Waals surface area contributed by atoms with E-state index in [2.05, 4.69) is 19.2 Å². The van der Waals surface area contributed by atoms with Gasteiger partial charge in [-0.15, -0.1) is 0 Å². The van der Waals surface area contributed by atoms with Gasteiger partial charge < -0.3 is 15.2 Å². The van der Waals surface area contributed by atoms with Crippen molar-refractivity contribution >= 4 is 5.97 Å². The average Bonchev–Trinajstić information content (AvgIpc) is 2.12. The zero-order chi connectivity index (χ0) is 11.0. The largest absolute Gasteiger partial charge is 0.465 e. The Morgan fingerprint density at radius 2 is 2.14 bits per heavy atom. The molecule has 4 nitrogen and oxygen atoms in total. The van der Waals surface area contributed by atoms with Crippen LogP contribution in [0.15, 0.2) is 0 Å². The molecule has 0 amide bonds. The van der Waals surface area contributed by atoms with Gasteiger partial charge in [-0.2, -0.15) is 0 Å². The summed E-state index contributed by atoms with van der Waals surface area (Å²) in [6, 6.07) is 0.171. The first-order chi connectivity index (χ1) is 6.61. The Morgan fingerprint density at radius 3 is 2.57 bits per heavy atom. The molecule has 0 saturated carbocycles. The summed E-state index contributed by atoms with van der Waals surface area (Å²) in [6.07, 6.45) is 0.664. The molecule has 4 heteroatoms. The fourth-order valence-corrected chi connectivity index (χ4v) is 1.24. The lowest BCUT2D eigenvalue weighted by atomic mass is 10.0. The molecule has 1 unspecified atom stereocenters. The molecule has 84 valence electrons. The Balaban J connectivity index is 3.75. The predicted octanol–water partition coefficient (Wildman–Crippen LogP) is 0.546. The van der Waals surface area contributed by atoms with Gasteiger partial charge >= 0.3 is 5.97 Å². The van der Waals surface area contributed by atoms with Crippen LogP contribution in [0.25, 0.3) is 0 Å². The highest BCUT2D eigenvalue weighted by Crippen LogP contribution is 2.04. The lowest BCUT2D eigenvalue weighted by Gasteiger charge is -2.20. The molecule has 0 aromatic rings. The Hall–Kier alpha value is -0.610. The number of aliphatic hydroxyl groups excluding tert-OH is 1. The first kappa shape index (κ1) is 13.4. The van der Waals surface area contributed by atoms with Gasteiger partial charge in [0, 0.05) is 12.6 Å². The van der Waals surface area contributed by atoms with E-state index in [-0.39, 0.29) is 25.2 Å². The fourth-order valence-electron chi connectivity index (χ4n) is 1.24. The monoisotopic (exact) mass is 203 g/mol. The molecular formula is C10H21NO3. The molecular weight excluding hydrogens is 182 g/mol. The topological polar surface area (TPSA) is 58.6 Å². The summed E-state index contributed by atoms with van der Waals surface area (Å²) >= 11 is 0. The second kappa shape index (κ2) is 7.76. The van der Waals surface area contributed by atoms with Crippen LogP contribution in [-0.2, 0) is 9.53 Å². The summed E-state index contributed by atoms with van der Waals surface area (Å²) in [4.78, 5) is 11.0. The fraction of sp³-hybridized carbons (Fsp3) is 0.900. The number of carbonyl (C=O) groups excluding carboxylic acids is 1. The number of hydrogen-bond acceptors (Lipinski definition) is 4. The molecule has 0 aliphatic heterocycles. The number of rotatable bonds is 7. The summed E-state index contributed by atoms with van der Waals surface area (Å²) in [7, 11) is 0. The van der Waals surface area contributed by atoms with Gasteiger partial charge in [-0.1, -0.05) is 13.8 Å². The van der Waals surface area contributed by atoms with Gasteiger partial charge in [0.05, 0.1) is 13.2 Å². The lowest BCUT2D eigenvalue weighted by molar-refractivity contribution is -0.142. The van der Waals surface area contributed by atoms with Crippen molar-refractivity contribution < 1.29 is 14.6 Å². The number of aliphatic hydroxyl groups is 1. The summed E-state index contributed by atoms with van der Waals surface area (Å²) in [5, 5.41) is 11.9. The maximum Gasteiger partial charge on any atom is 0.319 e. The maximum absolute atomic E-state index is 11.0. The van der Waals surface area contributed by atoms with Crippen molar-refractivity contribution in [3.05, 3.63) is 0 Å². The standard InChI is InChI=1S/C10H21NO3/c1-4-14-10(13)7-11-9(5-6-12)8(2)3/h8-9,11-12H,4-7H2,1-3H3. The average molecular weight is 203 g/mol. The van der Waals surface area contributed by atoms with Crippen molar-refractivity contribution in [2.75, 3.05) is 19.8 Å². The van der Waals surface area contributed by atoms with E-state index in [1.165, 1.54) is 0 Å². The molecule has 0 aromatic heterocycles. The first-order valence-corrected chi connectivity index (χ1v) is 5.11. The molecule has 0 rings (SSSR count). The summed E-state index contributed by atoms with van der Waals surface area (Å²) in [6.45, 7) is 6.66. The van der Waals surface area contributed by atoms with Gasteiger partial charge in [-0.25, -0.2) is 0 Å². The van der Waals surface area contributed by atoms with Gasteiger partial charge in [0.25, 0.3) is 0 Å². The number of nitrogens with one attached hydrogen (secondary N) is 1. The van der Waals surface area contributed by atoms with E-state index in [4.69, 9.17) is 9.84 Å². The third-order valence-electron chi connectivity index (χ3n) is 2.06. The predicted molar refractivity (Wildman–Crippen MR) is 55.0 cm³/mol. The van der Waals surface area contributed by atoms with Gasteiger partial charge in [0.15, 0.2) is 0 Å². The van der Waals surface area contributed by atoms with Gasteiger partial charge in [0.1, 0.15) is 0 Å². The number of esters is 1. The molecule has 0 aliphatic carbocycles. The minimum atomic E-state index is -0.240. The molecule has 2 N–H and O–H groups in total. The zero-order valence-corrected chi connectivity index (χ0v) is 9.25. The molecule has 0 spiro atoms. The van der Waals surface area contributed by atoms with Crippen LogP contribution in [0.2, 0.25) is 0 Å². The number of ether oxygens (including phenoxy) is 1. The molecule has 0 saturated heterocycles. The molecule has 0 bridgehead atoms. The lowest BCUT2D eigenvalue weighted by Crippen LogP contribution is -2.38. The Morgan fingerprint density at radius 1 is 1.50 bits per heavy atom. The molecule has 0 radical (unpaired) electrons. The van der Waals surface area contributed by atoms with Crippen LogP contribution in [-0.4, -0.2) is 36.9 Å². The number of carbonyl (C=O) groups is 1. The maximum atomic E-state index is 11.0. The van der Waals surface area contributed by atoms with Gasteiger partial charge in [-0.05, 0) is 19.3 Å². The van der Waals surface area contributed by atoms with E-state index in [1.807, 2.05) is 0 Å². The van der Waals surface area contributed by atoms with Crippen molar-refractivity contribution in [1.29, 1.82) is 0 Å². The minimum Gasteiger partial charge on any atom is -0.465 e. The van der Waals surface area contributed by atoms with E-state index in [0.717, 1.165) is 0 Å². The Labute approximate surface area is 85.6 Å². The van der Waals surface area contributed by atoms with Crippen molar-refractivity contribution in [2.24, 2.45) is 5.92 Å². The molecule has 0 fully saturated rings. The van der Waals surface area contributed by atoms with Crippen molar-refractivity contribution in [1.82, 2.24) is 5.32 Å². The quantitative estimate of drug-likeness (QED) is 0.593. The van der Waals surface area contributed by atoms with Crippen LogP contribution in [0.4, 0.5) is 0 Å². The third-order valence-corrected chi connectivity index (χ3v) is 2.06. The Kier molecular flexibility index (Phi) is 7.42. The van der Waals surface area contributed by atoms with Crippen LogP contribution in [0.1, 0.15) is 27.2 Å². The van der Waals surface area contributed by atoms with E-state index < -0.39 is 0 Å². The highest BCUT2D eigenvalue weighted by atomic mass is 16.5. The Bertz CT molecular complexity index is 159. The first-order valence-electron chi connectivity index (χ1n) is 5.11. The van der Waals surface area contributed by atoms with Crippen LogP contribution >= 0.6 is 0 Å². The van der Waals surface area contributed by atoms with Crippen LogP contribution in [0.3, 0.4) is 0 Å². The number of hydrogen-bond donors (Lipinski definition) is 2. The molecule has 14 heavy (non-hydrogen) atoms. The van der Waals surface area contributed by atoms with Crippen LogP contribution < -0.4 is 5.32 Å². The van der Waals surface area contributed by atoms with Crippen LogP contribution in [0.5, 0.6) is 0 Å². The molecule has 0 heterocycles. The van der Waals surface area contributed by atoms with E-state index in [0.29, 0.717) is 18.9 Å². The highest BCUT2D eigenvalue weighted by Gasteiger charge is 2.13. The minimum absolute atomic E-state index is 0.138. The van der Waals surface area contributed by atoms with E-state index >= 15 is 0 Å². The highest BCUT2D eigenvalue weighted by molar-refractivity contribution is 5.71. The van der Waals surface area contributed by atoms with E-state index in [1.54, 1.807) is 6.92 Å². The third kappa shape index (κ3) is 5.94. The molecule has 0 aromatic carbocycles. The molecule has 1 atom stereocenters. The zero-order valence-electron chi connectivity index (χ0n) is 9.25. The second-order valence-electron chi connectivity index (χ2n) is 3.55. The molecule has 0 aliphatic rings. The summed E-state index contributed by atoms with van der Waals surface area (Å²) < 4.78 is 4.79. The van der Waals surface area contributed by atoms with Gasteiger partial charge in [-0.3, -0.25) is 4.79 Å². The second-order valence-corrected chi connectivity index (χ2v) is 3.55. The van der Waals surface area contributed by atoms with Crippen LogP contribution in [0, 0.1) is 5.92 Å². The summed E-state index contributed by atoms with van der Waals surface area (Å²) in [5.41, 5.74) is 0. The smallest absolute Gasteiger partial charge is 0.319 e. The summed E-state index contributed by atoms with van der Waals surface area (Å²) in [5.74, 6) is 0.160. The van der Waals surface area contributed by atoms with Gasteiger partial charge in [0.2, 0.25) is 0 Å². The van der Waals surface area contributed by atoms with Crippen molar-refractivity contribution in [3.63, 3.8) is 0 Å². The normalized spacial score (nSPS) is 12.9. The SMILES string of the molecule is CCOC(=O)CNC(CCO)C(C)C.